The molecule has 1 atom stereocenters. The number of sulfonamides is 1. The van der Waals surface area contributed by atoms with Gasteiger partial charge < -0.3 is 10.1 Å². The van der Waals surface area contributed by atoms with E-state index >= 15 is 0 Å². The van der Waals surface area contributed by atoms with Crippen molar-refractivity contribution >= 4 is 44.8 Å². The molecule has 1 aliphatic heterocycles. The molecule has 1 saturated heterocycles. The van der Waals surface area contributed by atoms with Crippen molar-refractivity contribution in [2.24, 2.45) is 5.92 Å². The maximum atomic E-state index is 13.2. The fourth-order valence-electron chi connectivity index (χ4n) is 3.33. The lowest BCUT2D eigenvalue weighted by Gasteiger charge is -2.31. The number of aryl methyl sites for hydroxylation is 1. The molecule has 1 heterocycles. The molecule has 156 valence electrons. The van der Waals surface area contributed by atoms with Crippen molar-refractivity contribution in [3.8, 4) is 5.75 Å². The van der Waals surface area contributed by atoms with E-state index in [2.05, 4.69) is 5.32 Å². The summed E-state index contributed by atoms with van der Waals surface area (Å²) in [4.78, 5) is 12.9. The van der Waals surface area contributed by atoms with Gasteiger partial charge in [0.1, 0.15) is 10.6 Å². The topological polar surface area (TPSA) is 75.7 Å². The van der Waals surface area contributed by atoms with Crippen molar-refractivity contribution in [1.29, 1.82) is 0 Å². The highest BCUT2D eigenvalue weighted by Gasteiger charge is 2.35. The molecule has 3 rings (SSSR count). The molecule has 0 radical (unpaired) electrons. The fraction of sp³-hybridized carbons (Fsp3) is 0.350. The number of piperidine rings is 1. The first-order valence-electron chi connectivity index (χ1n) is 9.13. The van der Waals surface area contributed by atoms with E-state index in [-0.39, 0.29) is 28.1 Å². The molecular formula is C20H22Cl2N2O4S. The van der Waals surface area contributed by atoms with Crippen molar-refractivity contribution in [3.05, 3.63) is 52.0 Å². The van der Waals surface area contributed by atoms with E-state index in [0.29, 0.717) is 30.1 Å². The number of carbonyl (C=O) groups excluding carboxylic acids is 1. The molecule has 0 spiro atoms. The van der Waals surface area contributed by atoms with Gasteiger partial charge in [-0.05, 0) is 49.6 Å². The van der Waals surface area contributed by atoms with Gasteiger partial charge in [-0.15, -0.1) is 0 Å². The second-order valence-electron chi connectivity index (χ2n) is 6.95. The van der Waals surface area contributed by atoms with Gasteiger partial charge in [-0.25, -0.2) is 8.42 Å². The lowest BCUT2D eigenvalue weighted by molar-refractivity contribution is -0.120. The van der Waals surface area contributed by atoms with Gasteiger partial charge in [0.15, 0.2) is 0 Å². The molecule has 1 aliphatic rings. The lowest BCUT2D eigenvalue weighted by Crippen LogP contribution is -2.43. The third-order valence-electron chi connectivity index (χ3n) is 4.90. The summed E-state index contributed by atoms with van der Waals surface area (Å²) >= 11 is 12.1. The highest BCUT2D eigenvalue weighted by Crippen LogP contribution is 2.32. The van der Waals surface area contributed by atoms with E-state index in [1.165, 1.54) is 11.4 Å². The molecule has 0 aromatic heterocycles. The number of rotatable bonds is 5. The van der Waals surface area contributed by atoms with Crippen LogP contribution in [-0.2, 0) is 14.8 Å². The number of hydrogen-bond acceptors (Lipinski definition) is 4. The number of nitrogens with zero attached hydrogens (tertiary/aromatic N) is 1. The van der Waals surface area contributed by atoms with Crippen LogP contribution in [-0.4, -0.2) is 38.8 Å². The Labute approximate surface area is 180 Å². The zero-order chi connectivity index (χ0) is 21.2. The Morgan fingerprint density at radius 2 is 2.00 bits per heavy atom. The summed E-state index contributed by atoms with van der Waals surface area (Å²) in [6.45, 7) is 2.25. The van der Waals surface area contributed by atoms with E-state index in [1.54, 1.807) is 36.4 Å². The number of benzene rings is 2. The molecule has 29 heavy (non-hydrogen) atoms. The molecule has 9 heteroatoms. The molecule has 0 unspecified atom stereocenters. The normalized spacial score (nSPS) is 17.7. The number of carbonyl (C=O) groups is 1. The Hall–Kier alpha value is -1.80. The van der Waals surface area contributed by atoms with Gasteiger partial charge >= 0.3 is 0 Å². The van der Waals surface area contributed by atoms with Crippen LogP contribution in [0.25, 0.3) is 0 Å². The number of amides is 1. The Kier molecular flexibility index (Phi) is 6.73. The monoisotopic (exact) mass is 456 g/mol. The number of hydrogen-bond donors (Lipinski definition) is 1. The summed E-state index contributed by atoms with van der Waals surface area (Å²) in [5.74, 6) is -0.498. The van der Waals surface area contributed by atoms with Crippen LogP contribution in [0.3, 0.4) is 0 Å². The van der Waals surface area contributed by atoms with E-state index in [9.17, 15) is 13.2 Å². The van der Waals surface area contributed by atoms with Gasteiger partial charge in [-0.3, -0.25) is 4.79 Å². The van der Waals surface area contributed by atoms with Crippen molar-refractivity contribution in [2.75, 3.05) is 25.5 Å². The third kappa shape index (κ3) is 4.69. The molecule has 0 saturated carbocycles. The number of anilines is 1. The highest BCUT2D eigenvalue weighted by atomic mass is 35.5. The third-order valence-corrected chi connectivity index (χ3v) is 7.61. The van der Waals surface area contributed by atoms with Crippen LogP contribution in [0.1, 0.15) is 18.4 Å². The predicted molar refractivity (Wildman–Crippen MR) is 114 cm³/mol. The highest BCUT2D eigenvalue weighted by molar-refractivity contribution is 7.89. The minimum Gasteiger partial charge on any atom is -0.495 e. The molecule has 6 nitrogen and oxygen atoms in total. The molecular weight excluding hydrogens is 435 g/mol. The zero-order valence-electron chi connectivity index (χ0n) is 16.1. The number of nitrogens with one attached hydrogen (secondary N) is 1. The Morgan fingerprint density at radius 3 is 2.72 bits per heavy atom. The van der Waals surface area contributed by atoms with Gasteiger partial charge in [0.2, 0.25) is 15.9 Å². The minimum absolute atomic E-state index is 0.0868. The Morgan fingerprint density at radius 1 is 1.24 bits per heavy atom. The second-order valence-corrected chi connectivity index (χ2v) is 9.64. The standard InChI is InChI=1S/C20H22Cl2N2O4S/c1-13-8-9-17(28-2)18(11-13)29(26,27)24-10-4-5-14(12-24)20(25)23-16-7-3-6-15(21)19(16)22/h3,6-9,11,14H,4-5,10,12H2,1-2H3,(H,23,25)/t14-/m0/s1. The maximum absolute atomic E-state index is 13.2. The molecule has 1 fully saturated rings. The summed E-state index contributed by atoms with van der Waals surface area (Å²) in [5, 5.41) is 3.36. The van der Waals surface area contributed by atoms with Crippen molar-refractivity contribution < 1.29 is 17.9 Å². The fourth-order valence-corrected chi connectivity index (χ4v) is 5.45. The van der Waals surface area contributed by atoms with Crippen LogP contribution in [0.15, 0.2) is 41.3 Å². The molecule has 1 amide bonds. The van der Waals surface area contributed by atoms with Crippen molar-refractivity contribution in [3.63, 3.8) is 0 Å². The van der Waals surface area contributed by atoms with E-state index in [0.717, 1.165) is 5.56 Å². The summed E-state index contributed by atoms with van der Waals surface area (Å²) in [6, 6.07) is 9.98. The first kappa shape index (κ1) is 21.9. The second kappa shape index (κ2) is 8.92. The van der Waals surface area contributed by atoms with Gasteiger partial charge in [-0.2, -0.15) is 4.31 Å². The van der Waals surface area contributed by atoms with Crippen LogP contribution in [0.5, 0.6) is 5.75 Å². The molecule has 0 bridgehead atoms. The maximum Gasteiger partial charge on any atom is 0.246 e. The number of ether oxygens (including phenoxy) is 1. The van der Waals surface area contributed by atoms with Crippen molar-refractivity contribution in [1.82, 2.24) is 4.31 Å². The SMILES string of the molecule is COc1ccc(C)cc1S(=O)(=O)N1CCC[C@H](C(=O)Nc2cccc(Cl)c2Cl)C1. The van der Waals surface area contributed by atoms with Gasteiger partial charge in [0.05, 0.1) is 28.8 Å². The van der Waals surface area contributed by atoms with Crippen molar-refractivity contribution in [2.45, 2.75) is 24.7 Å². The number of methoxy groups -OCH3 is 1. The summed E-state index contributed by atoms with van der Waals surface area (Å²) in [7, 11) is -2.36. The van der Waals surface area contributed by atoms with Gasteiger partial charge in [0.25, 0.3) is 0 Å². The largest absolute Gasteiger partial charge is 0.495 e. The minimum atomic E-state index is -3.80. The van der Waals surface area contributed by atoms with E-state index in [1.807, 2.05) is 6.92 Å². The van der Waals surface area contributed by atoms with Crippen LogP contribution in [0, 0.1) is 12.8 Å². The summed E-state index contributed by atoms with van der Waals surface area (Å²) in [6.07, 6.45) is 1.16. The smallest absolute Gasteiger partial charge is 0.246 e. The number of halogens is 2. The quantitative estimate of drug-likeness (QED) is 0.725. The van der Waals surface area contributed by atoms with Gasteiger partial charge in [0, 0.05) is 13.1 Å². The molecule has 2 aromatic rings. The Balaban J connectivity index is 1.80. The first-order chi connectivity index (χ1) is 13.7. The average molecular weight is 457 g/mol. The van der Waals surface area contributed by atoms with E-state index in [4.69, 9.17) is 27.9 Å². The Bertz CT molecular complexity index is 1030. The summed E-state index contributed by atoms with van der Waals surface area (Å²) in [5.41, 5.74) is 1.22. The van der Waals surface area contributed by atoms with E-state index < -0.39 is 15.9 Å². The molecule has 2 aromatic carbocycles. The zero-order valence-corrected chi connectivity index (χ0v) is 18.4. The van der Waals surface area contributed by atoms with Crippen LogP contribution >= 0.6 is 23.2 Å². The average Bonchev–Trinajstić information content (AvgIpc) is 2.71. The van der Waals surface area contributed by atoms with Crippen LogP contribution in [0.2, 0.25) is 10.0 Å². The lowest BCUT2D eigenvalue weighted by atomic mass is 9.99. The molecule has 0 aliphatic carbocycles. The molecule has 1 N–H and O–H groups in total. The first-order valence-corrected chi connectivity index (χ1v) is 11.3. The van der Waals surface area contributed by atoms with Gasteiger partial charge in [-0.1, -0.05) is 35.3 Å². The summed E-state index contributed by atoms with van der Waals surface area (Å²) < 4.78 is 33.0. The van der Waals surface area contributed by atoms with Crippen LogP contribution in [0.4, 0.5) is 5.69 Å². The predicted octanol–water partition coefficient (Wildman–Crippen LogP) is 4.35. The van der Waals surface area contributed by atoms with Crippen LogP contribution < -0.4 is 10.1 Å².